The van der Waals surface area contributed by atoms with Crippen LogP contribution in [0, 0.1) is 0 Å². The van der Waals surface area contributed by atoms with Gasteiger partial charge in [-0.1, -0.05) is 41.6 Å². The molecule has 1 atom stereocenters. The summed E-state index contributed by atoms with van der Waals surface area (Å²) in [5.74, 6) is -0.262. The molecule has 7 nitrogen and oxygen atoms in total. The van der Waals surface area contributed by atoms with Gasteiger partial charge in [-0.3, -0.25) is 4.79 Å². The Balaban J connectivity index is 1.26. The van der Waals surface area contributed by atoms with Gasteiger partial charge in [-0.05, 0) is 34.9 Å². The highest BCUT2D eigenvalue weighted by Gasteiger charge is 2.57. The van der Waals surface area contributed by atoms with Crippen molar-refractivity contribution in [1.29, 1.82) is 0 Å². The van der Waals surface area contributed by atoms with Gasteiger partial charge in [-0.15, -0.1) is 0 Å². The zero-order chi connectivity index (χ0) is 25.4. The molecule has 0 N–H and O–H groups in total. The standard InChI is InChI=1S/C27H18F3N3O4/c28-27(29,30)24-31-23(32-37-24)17-5-3-4-15(10-17)13-33-20-7-2-1-6-18(20)26(25(33)34)14-36-22-12-21-16(8-9-35-21)11-19(22)26/h1-7,10-12H,8-9,13-14H2. The monoisotopic (exact) mass is 505 g/mol. The highest BCUT2D eigenvalue weighted by atomic mass is 19.4. The number of carbonyl (C=O) groups excluding carboxylic acids is 1. The van der Waals surface area contributed by atoms with E-state index in [9.17, 15) is 18.0 Å². The molecular formula is C27H18F3N3O4. The molecule has 1 spiro atoms. The van der Waals surface area contributed by atoms with Gasteiger partial charge >= 0.3 is 12.1 Å². The average molecular weight is 505 g/mol. The van der Waals surface area contributed by atoms with Crippen molar-refractivity contribution in [3.05, 3.63) is 88.8 Å². The minimum atomic E-state index is -4.73. The molecule has 10 heteroatoms. The van der Waals surface area contributed by atoms with Crippen molar-refractivity contribution in [2.75, 3.05) is 18.1 Å². The maximum Gasteiger partial charge on any atom is 0.471 e. The van der Waals surface area contributed by atoms with E-state index < -0.39 is 17.5 Å². The molecule has 7 rings (SSSR count). The first-order valence-corrected chi connectivity index (χ1v) is 11.7. The molecular weight excluding hydrogens is 487 g/mol. The summed E-state index contributed by atoms with van der Waals surface area (Å²) in [6.07, 6.45) is -3.95. The van der Waals surface area contributed by atoms with Crippen molar-refractivity contribution in [2.24, 2.45) is 0 Å². The molecule has 4 aromatic rings. The van der Waals surface area contributed by atoms with Gasteiger partial charge in [0.25, 0.3) is 0 Å². The summed E-state index contributed by atoms with van der Waals surface area (Å²) in [5.41, 5.74) is 3.60. The Kier molecular flexibility index (Phi) is 4.49. The van der Waals surface area contributed by atoms with Crippen molar-refractivity contribution < 1.29 is 32.0 Å². The summed E-state index contributed by atoms with van der Waals surface area (Å²) in [4.78, 5) is 19.4. The van der Waals surface area contributed by atoms with Crippen LogP contribution in [0.1, 0.15) is 28.1 Å². The molecule has 0 saturated heterocycles. The number of para-hydroxylation sites is 1. The highest BCUT2D eigenvalue weighted by molar-refractivity contribution is 6.11. The Hall–Kier alpha value is -4.34. The van der Waals surface area contributed by atoms with Gasteiger partial charge in [0.2, 0.25) is 11.7 Å². The number of halogens is 3. The fraction of sp³-hybridized carbons (Fsp3) is 0.222. The van der Waals surface area contributed by atoms with Crippen molar-refractivity contribution >= 4 is 11.6 Å². The van der Waals surface area contributed by atoms with Crippen LogP contribution in [0.4, 0.5) is 18.9 Å². The molecule has 37 heavy (non-hydrogen) atoms. The first-order chi connectivity index (χ1) is 17.8. The van der Waals surface area contributed by atoms with E-state index in [1.54, 1.807) is 29.2 Å². The lowest BCUT2D eigenvalue weighted by Crippen LogP contribution is -2.42. The lowest BCUT2D eigenvalue weighted by Gasteiger charge is -2.23. The quantitative estimate of drug-likeness (QED) is 0.394. The largest absolute Gasteiger partial charge is 0.493 e. The number of carbonyl (C=O) groups is 1. The molecule has 0 radical (unpaired) electrons. The lowest BCUT2D eigenvalue weighted by atomic mass is 9.76. The number of hydrogen-bond acceptors (Lipinski definition) is 6. The number of benzene rings is 3. The van der Waals surface area contributed by atoms with Crippen LogP contribution in [0.15, 0.2) is 65.2 Å². The molecule has 1 aromatic heterocycles. The molecule has 0 bridgehead atoms. The minimum Gasteiger partial charge on any atom is -0.493 e. The fourth-order valence-electron chi connectivity index (χ4n) is 5.45. The maximum absolute atomic E-state index is 14.2. The third-order valence-electron chi connectivity index (χ3n) is 7.15. The zero-order valence-electron chi connectivity index (χ0n) is 19.2. The van der Waals surface area contributed by atoms with E-state index in [4.69, 9.17) is 9.47 Å². The molecule has 3 aliphatic rings. The first-order valence-electron chi connectivity index (χ1n) is 11.7. The normalized spacial score (nSPS) is 19.5. The number of ether oxygens (including phenoxy) is 2. The van der Waals surface area contributed by atoms with Crippen molar-refractivity contribution in [1.82, 2.24) is 10.1 Å². The van der Waals surface area contributed by atoms with Crippen LogP contribution < -0.4 is 14.4 Å². The van der Waals surface area contributed by atoms with Gasteiger partial charge in [-0.2, -0.15) is 18.2 Å². The van der Waals surface area contributed by atoms with Gasteiger partial charge in [0.1, 0.15) is 23.5 Å². The van der Waals surface area contributed by atoms with Crippen molar-refractivity contribution in [3.8, 4) is 22.9 Å². The van der Waals surface area contributed by atoms with Gasteiger partial charge in [0.05, 0.1) is 13.2 Å². The third-order valence-corrected chi connectivity index (χ3v) is 7.15. The molecule has 0 fully saturated rings. The number of rotatable bonds is 3. The predicted molar refractivity (Wildman–Crippen MR) is 124 cm³/mol. The number of nitrogens with zero attached hydrogens (tertiary/aromatic N) is 3. The molecule has 0 aliphatic carbocycles. The lowest BCUT2D eigenvalue weighted by molar-refractivity contribution is -0.159. The predicted octanol–water partition coefficient (Wildman–Crippen LogP) is 4.92. The van der Waals surface area contributed by atoms with E-state index in [0.29, 0.717) is 23.5 Å². The van der Waals surface area contributed by atoms with Crippen molar-refractivity contribution in [2.45, 2.75) is 24.6 Å². The zero-order valence-corrected chi connectivity index (χ0v) is 19.2. The van der Waals surface area contributed by atoms with Gasteiger partial charge in [0, 0.05) is 29.3 Å². The fourth-order valence-corrected chi connectivity index (χ4v) is 5.45. The van der Waals surface area contributed by atoms with Crippen LogP contribution in [-0.4, -0.2) is 29.3 Å². The summed E-state index contributed by atoms with van der Waals surface area (Å²) < 4.78 is 54.9. The maximum atomic E-state index is 14.2. The third kappa shape index (κ3) is 3.18. The topological polar surface area (TPSA) is 77.7 Å². The molecule has 1 unspecified atom stereocenters. The first kappa shape index (κ1) is 21.9. The number of hydrogen-bond donors (Lipinski definition) is 0. The number of anilines is 1. The summed E-state index contributed by atoms with van der Waals surface area (Å²) in [6.45, 7) is 0.989. The van der Waals surface area contributed by atoms with E-state index in [-0.39, 0.29) is 24.9 Å². The SMILES string of the molecule is O=C1N(Cc2cccc(-c3noc(C(F)(F)F)n3)c2)c2ccccc2C12COc1cc3c(cc12)CCO3. The number of aromatic nitrogens is 2. The Morgan fingerprint density at radius 3 is 2.68 bits per heavy atom. The number of alkyl halides is 3. The Morgan fingerprint density at radius 1 is 0.973 bits per heavy atom. The number of fused-ring (bicyclic) bond motifs is 5. The van der Waals surface area contributed by atoms with E-state index in [1.807, 2.05) is 36.4 Å². The second-order valence-corrected chi connectivity index (χ2v) is 9.28. The molecule has 4 heterocycles. The summed E-state index contributed by atoms with van der Waals surface area (Å²) >= 11 is 0. The van der Waals surface area contributed by atoms with E-state index in [2.05, 4.69) is 14.7 Å². The van der Waals surface area contributed by atoms with Crippen LogP contribution in [0.25, 0.3) is 11.4 Å². The Bertz CT molecular complexity index is 1580. The highest BCUT2D eigenvalue weighted by Crippen LogP contribution is 2.54. The van der Waals surface area contributed by atoms with Crippen LogP contribution in [0.3, 0.4) is 0 Å². The van der Waals surface area contributed by atoms with Gasteiger partial charge < -0.3 is 18.9 Å². The molecule has 0 saturated carbocycles. The molecule has 1 amide bonds. The molecule has 3 aromatic carbocycles. The van der Waals surface area contributed by atoms with Crippen LogP contribution in [0.2, 0.25) is 0 Å². The number of amides is 1. The molecule has 186 valence electrons. The van der Waals surface area contributed by atoms with E-state index >= 15 is 0 Å². The minimum absolute atomic E-state index is 0.115. The van der Waals surface area contributed by atoms with Crippen LogP contribution in [-0.2, 0) is 29.4 Å². The van der Waals surface area contributed by atoms with Crippen LogP contribution in [0.5, 0.6) is 11.5 Å². The smallest absolute Gasteiger partial charge is 0.471 e. The summed E-state index contributed by atoms with van der Waals surface area (Å²) in [5, 5.41) is 3.47. The molecule has 3 aliphatic heterocycles. The Morgan fingerprint density at radius 2 is 1.84 bits per heavy atom. The summed E-state index contributed by atoms with van der Waals surface area (Å²) in [7, 11) is 0. The van der Waals surface area contributed by atoms with Crippen molar-refractivity contribution in [3.63, 3.8) is 0 Å². The summed E-state index contributed by atoms with van der Waals surface area (Å²) in [6, 6.07) is 18.3. The van der Waals surface area contributed by atoms with Gasteiger partial charge in [0.15, 0.2) is 0 Å². The Labute approximate surface area is 208 Å². The second-order valence-electron chi connectivity index (χ2n) is 9.28. The van der Waals surface area contributed by atoms with E-state index in [0.717, 1.165) is 34.5 Å². The van der Waals surface area contributed by atoms with E-state index in [1.165, 1.54) is 0 Å². The van der Waals surface area contributed by atoms with Crippen LogP contribution >= 0.6 is 0 Å². The van der Waals surface area contributed by atoms with Gasteiger partial charge in [-0.25, -0.2) is 0 Å². The second kappa shape index (κ2) is 7.58. The average Bonchev–Trinajstić information content (AvgIpc) is 3.67.